The molecule has 1 unspecified atom stereocenters. The molecule has 0 spiro atoms. The molecule has 1 atom stereocenters. The fraction of sp³-hybridized carbons (Fsp3) is 0.368. The van der Waals surface area contributed by atoms with Crippen molar-refractivity contribution < 1.29 is 13.2 Å². The minimum Gasteiger partial charge on any atom is -0.375 e. The van der Waals surface area contributed by atoms with Crippen LogP contribution in [-0.4, -0.2) is 22.1 Å². The van der Waals surface area contributed by atoms with Crippen LogP contribution in [0.5, 0.6) is 0 Å². The maximum absolute atomic E-state index is 12.9. The summed E-state index contributed by atoms with van der Waals surface area (Å²) in [7, 11) is -2.13. The number of aryl methyl sites for hydroxylation is 2. The molecular weight excluding hydrogens is 358 g/mol. The smallest absolute Gasteiger partial charge is 0.241 e. The summed E-state index contributed by atoms with van der Waals surface area (Å²) in [5.41, 5.74) is 4.20. The van der Waals surface area contributed by atoms with Gasteiger partial charge in [0.15, 0.2) is 0 Å². The van der Waals surface area contributed by atoms with Gasteiger partial charge in [-0.15, -0.1) is 0 Å². The summed E-state index contributed by atoms with van der Waals surface area (Å²) in [6.45, 7) is 7.61. The second-order valence-electron chi connectivity index (χ2n) is 6.19. The van der Waals surface area contributed by atoms with Crippen LogP contribution >= 0.6 is 11.6 Å². The predicted octanol–water partition coefficient (Wildman–Crippen LogP) is 4.24. The number of ether oxygens (including phenoxy) is 1. The molecule has 6 heteroatoms. The molecule has 0 aliphatic carbocycles. The second-order valence-corrected chi connectivity index (χ2v) is 8.30. The molecule has 136 valence electrons. The number of benzene rings is 2. The van der Waals surface area contributed by atoms with Crippen LogP contribution in [0.4, 0.5) is 0 Å². The Morgan fingerprint density at radius 3 is 2.16 bits per heavy atom. The van der Waals surface area contributed by atoms with E-state index in [0.717, 1.165) is 27.8 Å². The Labute approximate surface area is 155 Å². The van der Waals surface area contributed by atoms with Gasteiger partial charge in [0.05, 0.1) is 11.0 Å². The van der Waals surface area contributed by atoms with Crippen LogP contribution in [0, 0.1) is 27.7 Å². The highest BCUT2D eigenvalue weighted by Gasteiger charge is 2.24. The van der Waals surface area contributed by atoms with Crippen molar-refractivity contribution in [3.05, 3.63) is 63.2 Å². The van der Waals surface area contributed by atoms with E-state index >= 15 is 0 Å². The van der Waals surface area contributed by atoms with E-state index in [1.165, 1.54) is 7.11 Å². The highest BCUT2D eigenvalue weighted by Crippen LogP contribution is 2.28. The summed E-state index contributed by atoms with van der Waals surface area (Å²) >= 11 is 6.20. The number of rotatable bonds is 6. The first kappa shape index (κ1) is 19.9. The van der Waals surface area contributed by atoms with Gasteiger partial charge in [-0.1, -0.05) is 35.9 Å². The van der Waals surface area contributed by atoms with Crippen molar-refractivity contribution in [3.63, 3.8) is 0 Å². The van der Waals surface area contributed by atoms with E-state index in [1.807, 2.05) is 52.0 Å². The topological polar surface area (TPSA) is 55.4 Å². The highest BCUT2D eigenvalue weighted by molar-refractivity contribution is 7.89. The van der Waals surface area contributed by atoms with Crippen LogP contribution in [-0.2, 0) is 14.8 Å². The first-order valence-corrected chi connectivity index (χ1v) is 9.89. The van der Waals surface area contributed by atoms with Crippen LogP contribution in [0.25, 0.3) is 0 Å². The van der Waals surface area contributed by atoms with Gasteiger partial charge in [0.1, 0.15) is 0 Å². The molecule has 0 amide bonds. The largest absolute Gasteiger partial charge is 0.375 e. The maximum atomic E-state index is 12.9. The average molecular weight is 382 g/mol. The molecule has 0 saturated carbocycles. The molecule has 2 aromatic rings. The molecule has 1 N–H and O–H groups in total. The third kappa shape index (κ3) is 4.23. The van der Waals surface area contributed by atoms with Gasteiger partial charge in [0.2, 0.25) is 10.0 Å². The molecular formula is C19H24ClNO3S. The first-order chi connectivity index (χ1) is 11.7. The fourth-order valence-corrected chi connectivity index (χ4v) is 4.80. The standard InChI is InChI=1S/C19H24ClNO3S/c1-12-10-13(2)15(4)19(14(12)3)25(22,23)21-11-18(24-5)16-8-6-7-9-17(16)20/h6-10,18,21H,11H2,1-5H3. The number of nitrogens with one attached hydrogen (secondary N) is 1. The molecule has 0 saturated heterocycles. The Kier molecular flexibility index (Phi) is 6.27. The molecule has 4 nitrogen and oxygen atoms in total. The normalized spacial score (nSPS) is 13.0. The summed E-state index contributed by atoms with van der Waals surface area (Å²) < 4.78 is 34.0. The number of hydrogen-bond donors (Lipinski definition) is 1. The second kappa shape index (κ2) is 7.87. The number of sulfonamides is 1. The van der Waals surface area contributed by atoms with Crippen LogP contribution in [0.3, 0.4) is 0 Å². The van der Waals surface area contributed by atoms with Gasteiger partial charge < -0.3 is 4.74 Å². The minimum absolute atomic E-state index is 0.106. The van der Waals surface area contributed by atoms with Crippen molar-refractivity contribution >= 4 is 21.6 Å². The van der Waals surface area contributed by atoms with Gasteiger partial charge in [-0.3, -0.25) is 0 Å². The zero-order valence-corrected chi connectivity index (χ0v) is 16.8. The van der Waals surface area contributed by atoms with Gasteiger partial charge in [-0.05, 0) is 56.0 Å². The van der Waals surface area contributed by atoms with Crippen LogP contribution in [0.1, 0.15) is 33.9 Å². The van der Waals surface area contributed by atoms with Gasteiger partial charge >= 0.3 is 0 Å². The van der Waals surface area contributed by atoms with Gasteiger partial charge in [0, 0.05) is 24.2 Å². The lowest BCUT2D eigenvalue weighted by atomic mass is 10.0. The van der Waals surface area contributed by atoms with Crippen LogP contribution in [0.2, 0.25) is 5.02 Å². The Hall–Kier alpha value is -1.40. The molecule has 2 rings (SSSR count). The zero-order chi connectivity index (χ0) is 18.8. The van der Waals surface area contributed by atoms with E-state index in [0.29, 0.717) is 9.92 Å². The Morgan fingerprint density at radius 2 is 1.64 bits per heavy atom. The number of methoxy groups -OCH3 is 1. The summed E-state index contributed by atoms with van der Waals surface area (Å²) in [6, 6.07) is 9.27. The predicted molar refractivity (Wildman–Crippen MR) is 102 cm³/mol. The SMILES string of the molecule is COC(CNS(=O)(=O)c1c(C)c(C)cc(C)c1C)c1ccccc1Cl. The summed E-state index contributed by atoms with van der Waals surface area (Å²) in [5, 5.41) is 0.548. The summed E-state index contributed by atoms with van der Waals surface area (Å²) in [5.74, 6) is 0. The molecule has 0 aliphatic heterocycles. The van der Waals surface area contributed by atoms with E-state index < -0.39 is 16.1 Å². The van der Waals surface area contributed by atoms with Gasteiger partial charge in [-0.25, -0.2) is 13.1 Å². The monoisotopic (exact) mass is 381 g/mol. The lowest BCUT2D eigenvalue weighted by Crippen LogP contribution is -2.30. The highest BCUT2D eigenvalue weighted by atomic mass is 35.5. The van der Waals surface area contributed by atoms with E-state index in [9.17, 15) is 8.42 Å². The van der Waals surface area contributed by atoms with Gasteiger partial charge in [-0.2, -0.15) is 0 Å². The maximum Gasteiger partial charge on any atom is 0.241 e. The number of hydrogen-bond acceptors (Lipinski definition) is 3. The Morgan fingerprint density at radius 1 is 1.08 bits per heavy atom. The molecule has 0 radical (unpaired) electrons. The lowest BCUT2D eigenvalue weighted by molar-refractivity contribution is 0.107. The van der Waals surface area contributed by atoms with Gasteiger partial charge in [0.25, 0.3) is 0 Å². The van der Waals surface area contributed by atoms with E-state index in [-0.39, 0.29) is 6.54 Å². The lowest BCUT2D eigenvalue weighted by Gasteiger charge is -2.20. The van der Waals surface area contributed by atoms with E-state index in [1.54, 1.807) is 6.07 Å². The third-order valence-electron chi connectivity index (χ3n) is 4.56. The van der Waals surface area contributed by atoms with Crippen molar-refractivity contribution in [2.24, 2.45) is 0 Å². The van der Waals surface area contributed by atoms with Crippen LogP contribution in [0.15, 0.2) is 35.2 Å². The van der Waals surface area contributed by atoms with Crippen LogP contribution < -0.4 is 4.72 Å². The zero-order valence-electron chi connectivity index (χ0n) is 15.2. The van der Waals surface area contributed by atoms with Crippen molar-refractivity contribution in [2.45, 2.75) is 38.7 Å². The van der Waals surface area contributed by atoms with E-state index in [4.69, 9.17) is 16.3 Å². The minimum atomic E-state index is -3.67. The van der Waals surface area contributed by atoms with E-state index in [2.05, 4.69) is 4.72 Å². The molecule has 25 heavy (non-hydrogen) atoms. The summed E-state index contributed by atoms with van der Waals surface area (Å²) in [4.78, 5) is 0.346. The Bertz CT molecular complexity index is 852. The molecule has 0 fully saturated rings. The average Bonchev–Trinajstić information content (AvgIpc) is 2.55. The fourth-order valence-electron chi connectivity index (χ4n) is 2.90. The third-order valence-corrected chi connectivity index (χ3v) is 6.60. The van der Waals surface area contributed by atoms with Crippen molar-refractivity contribution in [3.8, 4) is 0 Å². The summed E-state index contributed by atoms with van der Waals surface area (Å²) in [6.07, 6.45) is -0.463. The molecule has 0 aromatic heterocycles. The molecule has 0 heterocycles. The molecule has 0 aliphatic rings. The van der Waals surface area contributed by atoms with Crippen molar-refractivity contribution in [2.75, 3.05) is 13.7 Å². The quantitative estimate of drug-likeness (QED) is 0.814. The van der Waals surface area contributed by atoms with Crippen molar-refractivity contribution in [1.29, 1.82) is 0 Å². The molecule has 0 bridgehead atoms. The van der Waals surface area contributed by atoms with Crippen molar-refractivity contribution in [1.82, 2.24) is 4.72 Å². The molecule has 2 aromatic carbocycles. The Balaban J connectivity index is 2.33. The first-order valence-electron chi connectivity index (χ1n) is 8.03. The number of halogens is 1.